The normalized spacial score (nSPS) is 10.5. The van der Waals surface area contributed by atoms with Crippen LogP contribution in [0.4, 0.5) is 5.69 Å². The highest BCUT2D eigenvalue weighted by Gasteiger charge is 2.16. The fraction of sp³-hybridized carbons (Fsp3) is 0.174. The van der Waals surface area contributed by atoms with Gasteiger partial charge in [0.2, 0.25) is 17.6 Å². The first-order valence-electron chi connectivity index (χ1n) is 9.41. The lowest BCUT2D eigenvalue weighted by atomic mass is 10.1. The summed E-state index contributed by atoms with van der Waals surface area (Å²) in [5.41, 5.74) is 3.41. The zero-order valence-electron chi connectivity index (χ0n) is 16.7. The largest absolute Gasteiger partial charge is 0.347 e. The number of nitrogens with one attached hydrogen (secondary N) is 2. The Balaban J connectivity index is 1.56. The quantitative estimate of drug-likeness (QED) is 0.570. The van der Waals surface area contributed by atoms with Gasteiger partial charge in [-0.1, -0.05) is 47.5 Å². The Morgan fingerprint density at radius 3 is 2.40 bits per heavy atom. The molecule has 0 spiro atoms. The third-order valence-electron chi connectivity index (χ3n) is 4.67. The molecule has 0 fully saturated rings. The van der Waals surface area contributed by atoms with Gasteiger partial charge >= 0.3 is 0 Å². The molecule has 0 atom stereocenters. The summed E-state index contributed by atoms with van der Waals surface area (Å²) in [4.78, 5) is 37.0. The average Bonchev–Trinajstić information content (AvgIpc) is 3.06. The van der Waals surface area contributed by atoms with Crippen LogP contribution in [0.5, 0.6) is 0 Å². The molecule has 6 nitrogen and oxygen atoms in total. The number of rotatable bonds is 7. The lowest BCUT2D eigenvalue weighted by Gasteiger charge is -2.09. The van der Waals surface area contributed by atoms with Crippen LogP contribution in [0.3, 0.4) is 0 Å². The zero-order valence-corrected chi connectivity index (χ0v) is 17.5. The summed E-state index contributed by atoms with van der Waals surface area (Å²) >= 11 is 5.88. The maximum Gasteiger partial charge on any atom is 0.243 e. The van der Waals surface area contributed by atoms with Gasteiger partial charge in [0.1, 0.15) is 0 Å². The molecule has 0 aliphatic rings. The number of carbonyl (C=O) groups excluding carboxylic acids is 3. The molecule has 2 N–H and O–H groups in total. The van der Waals surface area contributed by atoms with Crippen molar-refractivity contribution >= 4 is 34.9 Å². The molecule has 0 aliphatic heterocycles. The SMILES string of the molecule is Cc1ccc(C(=O)c2ccc(CC(=O)NCC(=O)Nc3cccc(Cl)c3)n2C)cc1. The number of ketones is 1. The van der Waals surface area contributed by atoms with Gasteiger partial charge in [-0.15, -0.1) is 0 Å². The highest BCUT2D eigenvalue weighted by atomic mass is 35.5. The van der Waals surface area contributed by atoms with Gasteiger partial charge in [0, 0.05) is 29.0 Å². The molecule has 3 rings (SSSR count). The first-order valence-corrected chi connectivity index (χ1v) is 9.79. The summed E-state index contributed by atoms with van der Waals surface area (Å²) in [5.74, 6) is -0.774. The molecular formula is C23H22ClN3O3. The van der Waals surface area contributed by atoms with Crippen molar-refractivity contribution in [3.63, 3.8) is 0 Å². The van der Waals surface area contributed by atoms with E-state index in [4.69, 9.17) is 11.6 Å². The lowest BCUT2D eigenvalue weighted by molar-refractivity contribution is -0.123. The third kappa shape index (κ3) is 5.36. The Hall–Kier alpha value is -3.38. The van der Waals surface area contributed by atoms with Crippen LogP contribution in [-0.2, 0) is 23.1 Å². The standard InChI is InChI=1S/C23H22ClN3O3/c1-15-6-8-16(9-7-15)23(30)20-11-10-19(27(20)2)13-21(28)25-14-22(29)26-18-5-3-4-17(24)12-18/h3-12H,13-14H2,1-2H3,(H,25,28)(H,26,29). The number of aryl methyl sites for hydroxylation is 1. The van der Waals surface area contributed by atoms with Crippen molar-refractivity contribution < 1.29 is 14.4 Å². The molecule has 2 aromatic carbocycles. The van der Waals surface area contributed by atoms with Crippen LogP contribution in [0, 0.1) is 6.92 Å². The molecule has 0 radical (unpaired) electrons. The maximum atomic E-state index is 12.7. The van der Waals surface area contributed by atoms with Crippen LogP contribution in [-0.4, -0.2) is 28.7 Å². The number of halogens is 1. The highest BCUT2D eigenvalue weighted by molar-refractivity contribution is 6.30. The molecule has 0 saturated heterocycles. The summed E-state index contributed by atoms with van der Waals surface area (Å²) in [6.45, 7) is 1.80. The number of benzene rings is 2. The Kier molecular flexibility index (Phi) is 6.69. The number of carbonyl (C=O) groups is 3. The van der Waals surface area contributed by atoms with E-state index in [1.807, 2.05) is 19.1 Å². The van der Waals surface area contributed by atoms with Crippen molar-refractivity contribution in [1.82, 2.24) is 9.88 Å². The molecule has 0 aliphatic carbocycles. The molecule has 30 heavy (non-hydrogen) atoms. The van der Waals surface area contributed by atoms with Gasteiger partial charge in [-0.25, -0.2) is 0 Å². The van der Waals surface area contributed by atoms with Crippen LogP contribution >= 0.6 is 11.6 Å². The second kappa shape index (κ2) is 9.41. The molecule has 1 aromatic heterocycles. The summed E-state index contributed by atoms with van der Waals surface area (Å²) < 4.78 is 1.70. The van der Waals surface area contributed by atoms with E-state index < -0.39 is 0 Å². The highest BCUT2D eigenvalue weighted by Crippen LogP contribution is 2.15. The Morgan fingerprint density at radius 1 is 0.967 bits per heavy atom. The van der Waals surface area contributed by atoms with Gasteiger partial charge in [0.15, 0.2) is 0 Å². The summed E-state index contributed by atoms with van der Waals surface area (Å²) in [6.07, 6.45) is 0.0577. The summed E-state index contributed by atoms with van der Waals surface area (Å²) in [7, 11) is 1.75. The number of hydrogen-bond donors (Lipinski definition) is 2. The number of anilines is 1. The van der Waals surface area contributed by atoms with E-state index in [1.54, 1.807) is 60.1 Å². The van der Waals surface area contributed by atoms with E-state index in [0.29, 0.717) is 27.7 Å². The van der Waals surface area contributed by atoms with Crippen molar-refractivity contribution in [3.05, 3.63) is 88.2 Å². The van der Waals surface area contributed by atoms with Crippen molar-refractivity contribution in [2.45, 2.75) is 13.3 Å². The second-order valence-electron chi connectivity index (χ2n) is 6.98. The molecule has 7 heteroatoms. The Bertz CT molecular complexity index is 1090. The Morgan fingerprint density at radius 2 is 1.70 bits per heavy atom. The minimum absolute atomic E-state index is 0.0577. The monoisotopic (exact) mass is 423 g/mol. The number of hydrogen-bond acceptors (Lipinski definition) is 3. The number of nitrogens with zero attached hydrogens (tertiary/aromatic N) is 1. The van der Waals surface area contributed by atoms with E-state index in [1.165, 1.54) is 0 Å². The minimum atomic E-state index is -0.354. The van der Waals surface area contributed by atoms with Gasteiger partial charge in [0.05, 0.1) is 18.7 Å². The fourth-order valence-electron chi connectivity index (χ4n) is 2.99. The van der Waals surface area contributed by atoms with Crippen molar-refractivity contribution in [2.75, 3.05) is 11.9 Å². The van der Waals surface area contributed by atoms with Gasteiger partial charge in [-0.05, 0) is 37.3 Å². The van der Waals surface area contributed by atoms with E-state index in [2.05, 4.69) is 10.6 Å². The summed E-state index contributed by atoms with van der Waals surface area (Å²) in [6, 6.07) is 17.6. The zero-order chi connectivity index (χ0) is 21.7. The predicted octanol–water partition coefficient (Wildman–Crippen LogP) is 3.52. The van der Waals surface area contributed by atoms with E-state index in [0.717, 1.165) is 5.56 Å². The van der Waals surface area contributed by atoms with Crippen LogP contribution in [0.2, 0.25) is 5.02 Å². The van der Waals surface area contributed by atoms with E-state index >= 15 is 0 Å². The lowest BCUT2D eigenvalue weighted by Crippen LogP contribution is -2.34. The topological polar surface area (TPSA) is 80.2 Å². The summed E-state index contributed by atoms with van der Waals surface area (Å²) in [5, 5.41) is 5.76. The number of amides is 2. The first kappa shape index (κ1) is 21.3. The van der Waals surface area contributed by atoms with Crippen molar-refractivity contribution in [3.8, 4) is 0 Å². The van der Waals surface area contributed by atoms with Crippen molar-refractivity contribution in [1.29, 1.82) is 0 Å². The maximum absolute atomic E-state index is 12.7. The molecule has 0 bridgehead atoms. The van der Waals surface area contributed by atoms with Crippen LogP contribution in [0.1, 0.15) is 27.3 Å². The fourth-order valence-corrected chi connectivity index (χ4v) is 3.18. The first-order chi connectivity index (χ1) is 14.3. The predicted molar refractivity (Wildman–Crippen MR) is 117 cm³/mol. The average molecular weight is 424 g/mol. The van der Waals surface area contributed by atoms with Crippen LogP contribution in [0.25, 0.3) is 0 Å². The molecule has 0 saturated carbocycles. The Labute approximate surface area is 179 Å². The third-order valence-corrected chi connectivity index (χ3v) is 4.90. The molecule has 2 amide bonds. The van der Waals surface area contributed by atoms with Crippen molar-refractivity contribution in [2.24, 2.45) is 7.05 Å². The molecule has 3 aromatic rings. The smallest absolute Gasteiger partial charge is 0.243 e. The van der Waals surface area contributed by atoms with E-state index in [9.17, 15) is 14.4 Å². The molecule has 1 heterocycles. The van der Waals surface area contributed by atoms with Gasteiger partial charge in [-0.3, -0.25) is 14.4 Å². The molecular weight excluding hydrogens is 402 g/mol. The second-order valence-corrected chi connectivity index (χ2v) is 7.41. The minimum Gasteiger partial charge on any atom is -0.347 e. The van der Waals surface area contributed by atoms with Gasteiger partial charge in [-0.2, -0.15) is 0 Å². The van der Waals surface area contributed by atoms with Crippen LogP contribution in [0.15, 0.2) is 60.7 Å². The van der Waals surface area contributed by atoms with Gasteiger partial charge in [0.25, 0.3) is 0 Å². The van der Waals surface area contributed by atoms with E-state index in [-0.39, 0.29) is 30.6 Å². The number of aromatic nitrogens is 1. The van der Waals surface area contributed by atoms with Gasteiger partial charge < -0.3 is 15.2 Å². The molecule has 154 valence electrons. The van der Waals surface area contributed by atoms with Crippen LogP contribution < -0.4 is 10.6 Å². The molecule has 0 unspecified atom stereocenters.